The highest BCUT2D eigenvalue weighted by molar-refractivity contribution is 5.02. The summed E-state index contributed by atoms with van der Waals surface area (Å²) in [6.45, 7) is 13.4. The molecular weight excluding hydrogens is 194 g/mol. The molecule has 0 amide bonds. The zero-order valence-electron chi connectivity index (χ0n) is 11.8. The first kappa shape index (κ1) is 13.6. The average Bonchev–Trinajstić information content (AvgIpc) is 2.38. The van der Waals surface area contributed by atoms with Crippen molar-refractivity contribution in [2.45, 2.75) is 60.3 Å². The fourth-order valence-corrected chi connectivity index (χ4v) is 3.07. The summed E-state index contributed by atoms with van der Waals surface area (Å²) in [6.07, 6.45) is 8.07. The van der Waals surface area contributed by atoms with Crippen LogP contribution in [-0.4, -0.2) is 18.0 Å². The summed E-state index contributed by atoms with van der Waals surface area (Å²) in [5, 5.41) is 0. The molecule has 16 heavy (non-hydrogen) atoms. The van der Waals surface area contributed by atoms with Crippen molar-refractivity contribution in [3.8, 4) is 0 Å². The third-order valence-corrected chi connectivity index (χ3v) is 4.80. The zero-order valence-corrected chi connectivity index (χ0v) is 11.8. The van der Waals surface area contributed by atoms with Gasteiger partial charge in [0.15, 0.2) is 0 Å². The van der Waals surface area contributed by atoms with Crippen molar-refractivity contribution in [3.05, 3.63) is 11.8 Å². The van der Waals surface area contributed by atoms with Gasteiger partial charge < -0.3 is 4.90 Å². The van der Waals surface area contributed by atoms with Crippen molar-refractivity contribution in [2.24, 2.45) is 11.3 Å². The Bertz CT molecular complexity index is 234. The highest BCUT2D eigenvalue weighted by Gasteiger charge is 2.45. The molecule has 2 fully saturated rings. The zero-order chi connectivity index (χ0) is 12.2. The van der Waals surface area contributed by atoms with Gasteiger partial charge in [0, 0.05) is 18.8 Å². The first-order chi connectivity index (χ1) is 7.68. The van der Waals surface area contributed by atoms with E-state index in [1.165, 1.54) is 44.5 Å². The van der Waals surface area contributed by atoms with E-state index >= 15 is 0 Å². The molecule has 1 nitrogen and oxygen atoms in total. The van der Waals surface area contributed by atoms with Crippen LogP contribution in [0.4, 0.5) is 0 Å². The number of piperidine rings is 1. The topological polar surface area (TPSA) is 3.24 Å². The molecule has 94 valence electrons. The minimum Gasteiger partial charge on any atom is -0.375 e. The fraction of sp³-hybridized carbons (Fsp3) is 0.867. The molecule has 1 unspecified atom stereocenters. The van der Waals surface area contributed by atoms with Crippen LogP contribution in [0.15, 0.2) is 11.8 Å². The summed E-state index contributed by atoms with van der Waals surface area (Å²) >= 11 is 0. The van der Waals surface area contributed by atoms with Gasteiger partial charge in [-0.25, -0.2) is 0 Å². The highest BCUT2D eigenvalue weighted by atomic mass is 15.1. The molecule has 2 aliphatic rings. The Morgan fingerprint density at radius 1 is 1.19 bits per heavy atom. The third-order valence-electron chi connectivity index (χ3n) is 4.80. The van der Waals surface area contributed by atoms with Crippen molar-refractivity contribution < 1.29 is 0 Å². The van der Waals surface area contributed by atoms with E-state index in [4.69, 9.17) is 0 Å². The Kier molecular flexibility index (Phi) is 4.89. The Hall–Kier alpha value is -0.460. The number of rotatable bonds is 1. The number of hydrogen-bond donors (Lipinski definition) is 0. The molecule has 1 aliphatic carbocycles. The van der Waals surface area contributed by atoms with Crippen molar-refractivity contribution >= 4 is 0 Å². The summed E-state index contributed by atoms with van der Waals surface area (Å²) in [7, 11) is 0. The van der Waals surface area contributed by atoms with Crippen LogP contribution in [-0.2, 0) is 0 Å². The summed E-state index contributed by atoms with van der Waals surface area (Å²) in [6, 6.07) is 0. The fourth-order valence-electron chi connectivity index (χ4n) is 3.07. The molecule has 0 radical (unpaired) electrons. The highest BCUT2D eigenvalue weighted by Crippen LogP contribution is 2.53. The normalized spacial score (nSPS) is 28.2. The van der Waals surface area contributed by atoms with Gasteiger partial charge in [-0.05, 0) is 50.9 Å². The van der Waals surface area contributed by atoms with E-state index in [0.29, 0.717) is 0 Å². The van der Waals surface area contributed by atoms with Crippen LogP contribution in [0.2, 0.25) is 0 Å². The molecule has 0 aromatic carbocycles. The predicted molar refractivity (Wildman–Crippen MR) is 72.4 cm³/mol. The number of nitrogens with zero attached hydrogens (tertiary/aromatic N) is 1. The first-order valence-electron chi connectivity index (χ1n) is 7.06. The lowest BCUT2D eigenvalue weighted by atomic mass is 9.56. The standard InChI is InChI=1S/C13H23N.C2H6/c1-4-12(3)14-9-7-13(8-10-14)6-5-11(13)2;1-2/h4,11H,5-10H2,1-3H3;1-2H3/b12-4+;. The summed E-state index contributed by atoms with van der Waals surface area (Å²) in [4.78, 5) is 2.55. The van der Waals surface area contributed by atoms with E-state index in [1.807, 2.05) is 13.8 Å². The molecule has 1 heteroatoms. The quantitative estimate of drug-likeness (QED) is 0.635. The van der Waals surface area contributed by atoms with Crippen LogP contribution in [0.25, 0.3) is 0 Å². The molecule has 0 N–H and O–H groups in total. The maximum Gasteiger partial charge on any atom is 0.0180 e. The van der Waals surface area contributed by atoms with Crippen molar-refractivity contribution in [1.82, 2.24) is 4.90 Å². The predicted octanol–water partition coefficient (Wildman–Crippen LogP) is 4.45. The molecule has 2 rings (SSSR count). The number of allylic oxidation sites excluding steroid dienone is 2. The Morgan fingerprint density at radius 2 is 1.75 bits per heavy atom. The molecule has 1 aliphatic heterocycles. The summed E-state index contributed by atoms with van der Waals surface area (Å²) in [5.74, 6) is 0.996. The van der Waals surface area contributed by atoms with Crippen LogP contribution < -0.4 is 0 Å². The van der Waals surface area contributed by atoms with E-state index in [0.717, 1.165) is 11.3 Å². The van der Waals surface area contributed by atoms with Gasteiger partial charge in [0.2, 0.25) is 0 Å². The van der Waals surface area contributed by atoms with Gasteiger partial charge in [0.05, 0.1) is 0 Å². The van der Waals surface area contributed by atoms with Crippen molar-refractivity contribution in [3.63, 3.8) is 0 Å². The summed E-state index contributed by atoms with van der Waals surface area (Å²) in [5.41, 5.74) is 2.22. The van der Waals surface area contributed by atoms with E-state index < -0.39 is 0 Å². The lowest BCUT2D eigenvalue weighted by Gasteiger charge is -2.53. The first-order valence-corrected chi connectivity index (χ1v) is 7.06. The molecule has 1 atom stereocenters. The maximum atomic E-state index is 2.55. The monoisotopic (exact) mass is 223 g/mol. The smallest absolute Gasteiger partial charge is 0.0180 e. The summed E-state index contributed by atoms with van der Waals surface area (Å²) < 4.78 is 0. The van der Waals surface area contributed by atoms with Gasteiger partial charge in [0.25, 0.3) is 0 Å². The van der Waals surface area contributed by atoms with E-state index in [1.54, 1.807) is 0 Å². The van der Waals surface area contributed by atoms with E-state index in [9.17, 15) is 0 Å². The molecule has 1 spiro atoms. The van der Waals surface area contributed by atoms with Crippen LogP contribution in [0.3, 0.4) is 0 Å². The molecule has 0 aromatic heterocycles. The molecule has 1 heterocycles. The average molecular weight is 223 g/mol. The van der Waals surface area contributed by atoms with Crippen molar-refractivity contribution in [1.29, 1.82) is 0 Å². The molecular formula is C15H29N. The molecule has 1 saturated heterocycles. The lowest BCUT2D eigenvalue weighted by Crippen LogP contribution is -2.47. The van der Waals surface area contributed by atoms with Gasteiger partial charge in [-0.1, -0.05) is 26.8 Å². The Morgan fingerprint density at radius 3 is 2.06 bits per heavy atom. The van der Waals surface area contributed by atoms with Crippen LogP contribution in [0.5, 0.6) is 0 Å². The molecule has 0 aromatic rings. The van der Waals surface area contributed by atoms with Crippen molar-refractivity contribution in [2.75, 3.05) is 13.1 Å². The van der Waals surface area contributed by atoms with Gasteiger partial charge in [0.1, 0.15) is 0 Å². The van der Waals surface area contributed by atoms with Gasteiger partial charge in [-0.3, -0.25) is 0 Å². The second kappa shape index (κ2) is 5.75. The van der Waals surface area contributed by atoms with Crippen LogP contribution >= 0.6 is 0 Å². The van der Waals surface area contributed by atoms with E-state index in [2.05, 4.69) is 31.7 Å². The van der Waals surface area contributed by atoms with Gasteiger partial charge in [-0.2, -0.15) is 0 Å². The minimum absolute atomic E-state index is 0.754. The molecule has 0 bridgehead atoms. The largest absolute Gasteiger partial charge is 0.375 e. The minimum atomic E-state index is 0.754. The second-order valence-electron chi connectivity index (χ2n) is 5.22. The van der Waals surface area contributed by atoms with E-state index in [-0.39, 0.29) is 0 Å². The van der Waals surface area contributed by atoms with Crippen LogP contribution in [0, 0.1) is 11.3 Å². The molecule has 1 saturated carbocycles. The number of likely N-dealkylation sites (tertiary alicyclic amines) is 1. The van der Waals surface area contributed by atoms with Gasteiger partial charge in [-0.15, -0.1) is 0 Å². The van der Waals surface area contributed by atoms with Crippen LogP contribution in [0.1, 0.15) is 60.3 Å². The SMILES string of the molecule is C/C=C(\C)N1CCC2(CCC2C)CC1.CC. The van der Waals surface area contributed by atoms with Gasteiger partial charge >= 0.3 is 0 Å². The Labute approximate surface area is 102 Å². The Balaban J connectivity index is 0.000000606. The lowest BCUT2D eigenvalue weighted by molar-refractivity contribution is -0.0164. The second-order valence-corrected chi connectivity index (χ2v) is 5.22. The number of hydrogen-bond acceptors (Lipinski definition) is 1. The maximum absolute atomic E-state index is 2.55. The third kappa shape index (κ3) is 2.44.